The lowest BCUT2D eigenvalue weighted by Crippen LogP contribution is -2.43. The number of hydrogen-bond acceptors (Lipinski definition) is 4. The normalized spacial score (nSPS) is 22.4. The van der Waals surface area contributed by atoms with Gasteiger partial charge in [-0.05, 0) is 30.9 Å². The number of carboxylic acid groups (broad SMARTS) is 1. The largest absolute Gasteiger partial charge is 0.480 e. The van der Waals surface area contributed by atoms with Gasteiger partial charge in [-0.2, -0.15) is 0 Å². The van der Waals surface area contributed by atoms with E-state index in [4.69, 9.17) is 5.11 Å². The Balaban J connectivity index is 1.66. The summed E-state index contributed by atoms with van der Waals surface area (Å²) in [7, 11) is 0. The molecule has 6 nitrogen and oxygen atoms in total. The molecule has 2 heterocycles. The number of likely N-dealkylation sites (tertiary alicyclic amines) is 1. The van der Waals surface area contributed by atoms with E-state index in [0.29, 0.717) is 19.5 Å². The molecule has 2 aliphatic heterocycles. The van der Waals surface area contributed by atoms with Crippen molar-refractivity contribution in [2.75, 3.05) is 25.4 Å². The van der Waals surface area contributed by atoms with E-state index < -0.39 is 5.97 Å². The second-order valence-electron chi connectivity index (χ2n) is 6.85. The number of nitrogens with zero attached hydrogens (tertiary/aromatic N) is 2. The topological polar surface area (TPSA) is 77.9 Å². The highest BCUT2D eigenvalue weighted by atomic mass is 32.2. The van der Waals surface area contributed by atoms with Crippen LogP contribution >= 0.6 is 11.8 Å². The highest BCUT2D eigenvalue weighted by Gasteiger charge is 2.34. The summed E-state index contributed by atoms with van der Waals surface area (Å²) < 4.78 is 0. The Bertz CT molecular complexity index is 709. The lowest BCUT2D eigenvalue weighted by atomic mass is 10.00. The molecular weight excluding hydrogens is 352 g/mol. The van der Waals surface area contributed by atoms with Crippen molar-refractivity contribution in [3.8, 4) is 0 Å². The van der Waals surface area contributed by atoms with Crippen LogP contribution in [0.5, 0.6) is 0 Å². The van der Waals surface area contributed by atoms with E-state index in [2.05, 4.69) is 6.07 Å². The lowest BCUT2D eigenvalue weighted by Gasteiger charge is -2.29. The van der Waals surface area contributed by atoms with Crippen molar-refractivity contribution in [2.45, 2.75) is 43.0 Å². The van der Waals surface area contributed by atoms with Gasteiger partial charge in [-0.15, -0.1) is 11.8 Å². The third kappa shape index (κ3) is 4.03. The smallest absolute Gasteiger partial charge is 0.323 e. The molecule has 0 unspecified atom stereocenters. The van der Waals surface area contributed by atoms with Gasteiger partial charge in [0.05, 0.1) is 5.92 Å². The van der Waals surface area contributed by atoms with E-state index in [-0.39, 0.29) is 30.3 Å². The molecule has 2 atom stereocenters. The maximum atomic E-state index is 13.0. The molecule has 2 aliphatic rings. The van der Waals surface area contributed by atoms with Crippen LogP contribution in [0.4, 0.5) is 0 Å². The number of thioether (sulfide) groups is 1. The molecule has 0 bridgehead atoms. The summed E-state index contributed by atoms with van der Waals surface area (Å²) in [5.74, 6) is -0.405. The lowest BCUT2D eigenvalue weighted by molar-refractivity contribution is -0.145. The van der Waals surface area contributed by atoms with Crippen LogP contribution in [-0.4, -0.2) is 64.1 Å². The third-order valence-corrected chi connectivity index (χ3v) is 6.34. The molecule has 1 aromatic rings. The summed E-state index contributed by atoms with van der Waals surface area (Å²) in [5, 5.41) is 9.05. The maximum Gasteiger partial charge on any atom is 0.323 e. The third-order valence-electron chi connectivity index (χ3n) is 5.16. The van der Waals surface area contributed by atoms with Crippen molar-refractivity contribution < 1.29 is 19.5 Å². The Morgan fingerprint density at radius 3 is 2.73 bits per heavy atom. The van der Waals surface area contributed by atoms with Crippen LogP contribution in [0.25, 0.3) is 0 Å². The first-order valence-electron chi connectivity index (χ1n) is 8.97. The van der Waals surface area contributed by atoms with Gasteiger partial charge in [0.2, 0.25) is 11.8 Å². The molecule has 1 N–H and O–H groups in total. The van der Waals surface area contributed by atoms with Crippen molar-refractivity contribution in [1.29, 1.82) is 0 Å². The number of carboxylic acids is 1. The fourth-order valence-electron chi connectivity index (χ4n) is 3.84. The number of carbonyl (C=O) groups excluding carboxylic acids is 2. The van der Waals surface area contributed by atoms with Gasteiger partial charge in [0.1, 0.15) is 6.54 Å². The summed E-state index contributed by atoms with van der Waals surface area (Å²) in [4.78, 5) is 40.4. The van der Waals surface area contributed by atoms with E-state index in [1.54, 1.807) is 11.8 Å². The first kappa shape index (κ1) is 18.8. The molecule has 0 spiro atoms. The molecule has 0 saturated carbocycles. The van der Waals surface area contributed by atoms with E-state index in [1.165, 1.54) is 16.7 Å². The molecule has 3 rings (SSSR count). The molecular formula is C19H24N2O4S. The van der Waals surface area contributed by atoms with Crippen LogP contribution in [0.15, 0.2) is 29.2 Å². The van der Waals surface area contributed by atoms with Crippen molar-refractivity contribution >= 4 is 29.5 Å². The van der Waals surface area contributed by atoms with Crippen LogP contribution in [0.1, 0.15) is 37.7 Å². The monoisotopic (exact) mass is 376 g/mol. The van der Waals surface area contributed by atoms with Crippen molar-refractivity contribution in [3.05, 3.63) is 29.8 Å². The van der Waals surface area contributed by atoms with Crippen LogP contribution in [-0.2, 0) is 14.4 Å². The molecule has 0 aromatic heterocycles. The summed E-state index contributed by atoms with van der Waals surface area (Å²) >= 11 is 1.72. The number of benzene rings is 1. The number of hydrogen-bond donors (Lipinski definition) is 1. The van der Waals surface area contributed by atoms with Gasteiger partial charge < -0.3 is 14.9 Å². The highest BCUT2D eigenvalue weighted by Crippen LogP contribution is 2.40. The SMILES string of the molecule is CC(=O)N(CC(=O)O)[C@@H]1CCCN(C(=O)[C@@H]2CSc3ccccc32)CC1. The molecule has 1 aromatic carbocycles. The van der Waals surface area contributed by atoms with Gasteiger partial charge in [0.15, 0.2) is 0 Å². The Morgan fingerprint density at radius 1 is 1.23 bits per heavy atom. The molecule has 0 radical (unpaired) electrons. The van der Waals surface area contributed by atoms with Gasteiger partial charge in [0.25, 0.3) is 0 Å². The number of aliphatic carboxylic acids is 1. The number of fused-ring (bicyclic) bond motifs is 1. The van der Waals surface area contributed by atoms with Gasteiger partial charge in [0, 0.05) is 36.7 Å². The quantitative estimate of drug-likeness (QED) is 0.872. The van der Waals surface area contributed by atoms with E-state index >= 15 is 0 Å². The minimum atomic E-state index is -1.00. The van der Waals surface area contributed by atoms with Gasteiger partial charge >= 0.3 is 5.97 Å². The Hall–Kier alpha value is -2.02. The Morgan fingerprint density at radius 2 is 2.00 bits per heavy atom. The average molecular weight is 376 g/mol. The standard InChI is InChI=1S/C19H24N2O4S/c1-13(22)21(11-18(23)24)14-5-4-9-20(10-8-14)19(25)16-12-26-17-7-3-2-6-15(16)17/h2-3,6-7,14,16H,4-5,8-12H2,1H3,(H,23,24)/t14-,16-/m1/s1. The zero-order valence-electron chi connectivity index (χ0n) is 14.9. The minimum Gasteiger partial charge on any atom is -0.480 e. The fraction of sp³-hybridized carbons (Fsp3) is 0.526. The van der Waals surface area contributed by atoms with E-state index in [1.807, 2.05) is 23.1 Å². The van der Waals surface area contributed by atoms with Crippen molar-refractivity contribution in [3.63, 3.8) is 0 Å². The fourth-order valence-corrected chi connectivity index (χ4v) is 5.06. The Labute approximate surface area is 157 Å². The van der Waals surface area contributed by atoms with E-state index in [9.17, 15) is 14.4 Å². The summed E-state index contributed by atoms with van der Waals surface area (Å²) in [6.45, 7) is 2.36. The predicted octanol–water partition coefficient (Wildman–Crippen LogP) is 2.19. The number of amides is 2. The van der Waals surface area contributed by atoms with Crippen molar-refractivity contribution in [1.82, 2.24) is 9.80 Å². The van der Waals surface area contributed by atoms with Crippen LogP contribution in [0, 0.1) is 0 Å². The Kier molecular flexibility index (Phi) is 5.86. The van der Waals surface area contributed by atoms with E-state index in [0.717, 1.165) is 24.2 Å². The van der Waals surface area contributed by atoms with Gasteiger partial charge in [-0.25, -0.2) is 0 Å². The van der Waals surface area contributed by atoms with Crippen LogP contribution in [0.2, 0.25) is 0 Å². The highest BCUT2D eigenvalue weighted by molar-refractivity contribution is 7.99. The summed E-state index contributed by atoms with van der Waals surface area (Å²) in [6.07, 6.45) is 2.13. The number of carbonyl (C=O) groups is 3. The van der Waals surface area contributed by atoms with Gasteiger partial charge in [-0.3, -0.25) is 14.4 Å². The second kappa shape index (κ2) is 8.12. The zero-order chi connectivity index (χ0) is 18.7. The first-order valence-corrected chi connectivity index (χ1v) is 9.95. The molecule has 2 amide bonds. The zero-order valence-corrected chi connectivity index (χ0v) is 15.7. The summed E-state index contributed by atoms with van der Waals surface area (Å²) in [6, 6.07) is 7.94. The molecule has 26 heavy (non-hydrogen) atoms. The van der Waals surface area contributed by atoms with Crippen LogP contribution < -0.4 is 0 Å². The maximum absolute atomic E-state index is 13.0. The average Bonchev–Trinajstić information content (AvgIpc) is 2.88. The minimum absolute atomic E-state index is 0.101. The van der Waals surface area contributed by atoms with Crippen molar-refractivity contribution in [2.24, 2.45) is 0 Å². The molecule has 1 saturated heterocycles. The van der Waals surface area contributed by atoms with Crippen LogP contribution in [0.3, 0.4) is 0 Å². The molecule has 0 aliphatic carbocycles. The molecule has 1 fully saturated rings. The summed E-state index contributed by atoms with van der Waals surface area (Å²) in [5.41, 5.74) is 1.11. The molecule has 7 heteroatoms. The molecule has 140 valence electrons. The predicted molar refractivity (Wildman–Crippen MR) is 99.1 cm³/mol. The van der Waals surface area contributed by atoms with Gasteiger partial charge in [-0.1, -0.05) is 18.2 Å². The first-order chi connectivity index (χ1) is 12.5. The second-order valence-corrected chi connectivity index (χ2v) is 7.91. The number of rotatable bonds is 4.